The molecule has 0 spiro atoms. The number of para-hydroxylation sites is 1. The molecule has 3 aromatic rings. The van der Waals surface area contributed by atoms with Crippen molar-refractivity contribution in [3.05, 3.63) is 109 Å². The molecule has 1 aliphatic carbocycles. The van der Waals surface area contributed by atoms with Crippen LogP contribution in [0.4, 0.5) is 0 Å². The molecule has 0 bridgehead atoms. The van der Waals surface area contributed by atoms with Crippen molar-refractivity contribution in [1.29, 1.82) is 0 Å². The lowest BCUT2D eigenvalue weighted by atomic mass is 9.90. The average Bonchev–Trinajstić information content (AvgIpc) is 2.75. The fraction of sp³-hybridized carbons (Fsp3) is 0.0800. The lowest BCUT2D eigenvalue weighted by Crippen LogP contribution is -2.00. The summed E-state index contributed by atoms with van der Waals surface area (Å²) in [4.78, 5) is 0. The van der Waals surface area contributed by atoms with Crippen LogP contribution >= 0.6 is 0 Å². The summed E-state index contributed by atoms with van der Waals surface area (Å²) in [5, 5.41) is 0. The first kappa shape index (κ1) is 17.2. The Balaban J connectivity index is 1.65. The van der Waals surface area contributed by atoms with Crippen molar-refractivity contribution in [3.63, 3.8) is 0 Å². The highest BCUT2D eigenvalue weighted by molar-refractivity contribution is 5.86. The van der Waals surface area contributed by atoms with Gasteiger partial charge in [-0.15, -0.1) is 0 Å². The molecule has 0 atom stereocenters. The van der Waals surface area contributed by atoms with Crippen molar-refractivity contribution in [2.75, 3.05) is 7.11 Å². The van der Waals surface area contributed by atoms with Crippen LogP contribution in [0.25, 0.3) is 16.7 Å². The van der Waals surface area contributed by atoms with Crippen molar-refractivity contribution < 1.29 is 9.47 Å². The molecule has 0 aliphatic heterocycles. The molecule has 2 nitrogen and oxygen atoms in total. The van der Waals surface area contributed by atoms with E-state index in [1.807, 2.05) is 42.5 Å². The van der Waals surface area contributed by atoms with Crippen molar-refractivity contribution >= 4 is 5.57 Å². The van der Waals surface area contributed by atoms with Gasteiger partial charge in [-0.05, 0) is 71.5 Å². The minimum absolute atomic E-state index is 0.852. The van der Waals surface area contributed by atoms with Crippen LogP contribution in [-0.4, -0.2) is 7.11 Å². The Morgan fingerprint density at radius 2 is 1.41 bits per heavy atom. The first-order valence-electron chi connectivity index (χ1n) is 9.05. The van der Waals surface area contributed by atoms with Gasteiger partial charge >= 0.3 is 0 Å². The summed E-state index contributed by atoms with van der Waals surface area (Å²) < 4.78 is 11.3. The minimum atomic E-state index is 0.852. The van der Waals surface area contributed by atoms with Gasteiger partial charge in [0.15, 0.2) is 0 Å². The second-order valence-electron chi connectivity index (χ2n) is 6.34. The molecule has 0 saturated heterocycles. The highest BCUT2D eigenvalue weighted by Crippen LogP contribution is 2.34. The summed E-state index contributed by atoms with van der Waals surface area (Å²) in [5.74, 6) is 2.59. The van der Waals surface area contributed by atoms with Crippen LogP contribution < -0.4 is 9.47 Å². The Kier molecular flexibility index (Phi) is 5.06. The maximum absolute atomic E-state index is 6.03. The third-order valence-electron chi connectivity index (χ3n) is 4.57. The molecule has 1 radical (unpaired) electrons. The summed E-state index contributed by atoms with van der Waals surface area (Å²) in [5.41, 5.74) is 4.74. The van der Waals surface area contributed by atoms with Gasteiger partial charge in [-0.2, -0.15) is 0 Å². The van der Waals surface area contributed by atoms with E-state index in [1.54, 1.807) is 7.11 Å². The zero-order valence-corrected chi connectivity index (χ0v) is 15.3. The van der Waals surface area contributed by atoms with Crippen LogP contribution in [0.5, 0.6) is 11.5 Å². The normalized spacial score (nSPS) is 13.5. The SMILES string of the molecule is COc1ccc(-c2ccccc2C2=CC(Oc3ccccc3)=CC[CH]2)cc1. The van der Waals surface area contributed by atoms with Crippen molar-refractivity contribution in [1.82, 2.24) is 0 Å². The van der Waals surface area contributed by atoms with E-state index in [9.17, 15) is 0 Å². The van der Waals surface area contributed by atoms with Gasteiger partial charge in [-0.25, -0.2) is 0 Å². The van der Waals surface area contributed by atoms with Gasteiger partial charge in [-0.1, -0.05) is 54.6 Å². The number of hydrogen-bond donors (Lipinski definition) is 0. The smallest absolute Gasteiger partial charge is 0.127 e. The van der Waals surface area contributed by atoms with E-state index in [2.05, 4.69) is 55.0 Å². The van der Waals surface area contributed by atoms with Gasteiger partial charge in [0.05, 0.1) is 7.11 Å². The number of allylic oxidation sites excluding steroid dienone is 3. The zero-order valence-electron chi connectivity index (χ0n) is 15.3. The van der Waals surface area contributed by atoms with E-state index in [0.29, 0.717) is 0 Å². The van der Waals surface area contributed by atoms with Crippen LogP contribution in [0.1, 0.15) is 12.0 Å². The number of rotatable bonds is 5. The summed E-state index contributed by atoms with van der Waals surface area (Å²) in [6.45, 7) is 0. The molecule has 0 fully saturated rings. The molecule has 0 unspecified atom stereocenters. The van der Waals surface area contributed by atoms with E-state index in [-0.39, 0.29) is 0 Å². The zero-order chi connectivity index (χ0) is 18.5. The van der Waals surface area contributed by atoms with Crippen LogP contribution in [0.3, 0.4) is 0 Å². The molecule has 0 aromatic heterocycles. The fourth-order valence-electron chi connectivity index (χ4n) is 3.21. The molecule has 0 N–H and O–H groups in total. The molecule has 0 amide bonds. The molecule has 0 heterocycles. The van der Waals surface area contributed by atoms with Crippen molar-refractivity contribution in [3.8, 4) is 22.6 Å². The fourth-order valence-corrected chi connectivity index (χ4v) is 3.21. The molecule has 27 heavy (non-hydrogen) atoms. The van der Waals surface area contributed by atoms with E-state index in [4.69, 9.17) is 9.47 Å². The Labute approximate surface area is 160 Å². The standard InChI is InChI=1S/C25H21O2/c1-26-21-16-14-19(15-17-21)24-12-5-6-13-25(24)20-8-7-11-23(18-20)27-22-9-3-2-4-10-22/h2-6,8-18H,7H2,1H3. The second kappa shape index (κ2) is 7.96. The Morgan fingerprint density at radius 3 is 2.15 bits per heavy atom. The summed E-state index contributed by atoms with van der Waals surface area (Å²) in [7, 11) is 1.69. The van der Waals surface area contributed by atoms with Gasteiger partial charge in [0.25, 0.3) is 0 Å². The molecular weight excluding hydrogens is 332 g/mol. The van der Waals surface area contributed by atoms with Crippen LogP contribution in [-0.2, 0) is 0 Å². The summed E-state index contributed by atoms with van der Waals surface area (Å²) in [6.07, 6.45) is 7.30. The van der Waals surface area contributed by atoms with Crippen LogP contribution in [0.2, 0.25) is 0 Å². The van der Waals surface area contributed by atoms with E-state index in [0.717, 1.165) is 23.7 Å². The lowest BCUT2D eigenvalue weighted by Gasteiger charge is -2.18. The summed E-state index contributed by atoms with van der Waals surface area (Å²) >= 11 is 0. The number of benzene rings is 3. The second-order valence-corrected chi connectivity index (χ2v) is 6.34. The van der Waals surface area contributed by atoms with Gasteiger partial charge in [0, 0.05) is 0 Å². The quantitative estimate of drug-likeness (QED) is 0.534. The Hall–Kier alpha value is -3.26. The molecule has 133 valence electrons. The van der Waals surface area contributed by atoms with Crippen LogP contribution in [0, 0.1) is 6.42 Å². The first-order valence-corrected chi connectivity index (χ1v) is 9.05. The molecule has 4 rings (SSSR count). The number of ether oxygens (including phenoxy) is 2. The summed E-state index contributed by atoms with van der Waals surface area (Å²) in [6, 6.07) is 26.5. The van der Waals surface area contributed by atoms with E-state index >= 15 is 0 Å². The Morgan fingerprint density at radius 1 is 0.704 bits per heavy atom. The van der Waals surface area contributed by atoms with Gasteiger partial charge in [0.1, 0.15) is 17.3 Å². The monoisotopic (exact) mass is 353 g/mol. The van der Waals surface area contributed by atoms with E-state index in [1.165, 1.54) is 22.3 Å². The molecule has 1 aliphatic rings. The highest BCUT2D eigenvalue weighted by atomic mass is 16.5. The minimum Gasteiger partial charge on any atom is -0.497 e. The van der Waals surface area contributed by atoms with Crippen molar-refractivity contribution in [2.45, 2.75) is 6.42 Å². The third-order valence-corrected chi connectivity index (χ3v) is 4.57. The molecule has 3 aromatic carbocycles. The molecular formula is C25H21O2. The van der Waals surface area contributed by atoms with Crippen LogP contribution in [0.15, 0.2) is 96.8 Å². The molecule has 2 heteroatoms. The van der Waals surface area contributed by atoms with E-state index < -0.39 is 0 Å². The average molecular weight is 353 g/mol. The maximum Gasteiger partial charge on any atom is 0.127 e. The van der Waals surface area contributed by atoms with Gasteiger partial charge in [0.2, 0.25) is 0 Å². The topological polar surface area (TPSA) is 18.5 Å². The predicted molar refractivity (Wildman–Crippen MR) is 110 cm³/mol. The highest BCUT2D eigenvalue weighted by Gasteiger charge is 2.14. The Bertz CT molecular complexity index is 967. The number of hydrogen-bond acceptors (Lipinski definition) is 2. The largest absolute Gasteiger partial charge is 0.497 e. The van der Waals surface area contributed by atoms with Crippen molar-refractivity contribution in [2.24, 2.45) is 0 Å². The van der Waals surface area contributed by atoms with Gasteiger partial charge < -0.3 is 9.47 Å². The maximum atomic E-state index is 6.03. The third kappa shape index (κ3) is 3.95. The lowest BCUT2D eigenvalue weighted by molar-refractivity contribution is 0.415. The molecule has 0 saturated carbocycles. The van der Waals surface area contributed by atoms with Gasteiger partial charge in [-0.3, -0.25) is 0 Å². The predicted octanol–water partition coefficient (Wildman–Crippen LogP) is 6.32. The number of methoxy groups -OCH3 is 1. The first-order chi connectivity index (χ1) is 13.3.